The fourth-order valence-corrected chi connectivity index (χ4v) is 2.03. The summed E-state index contributed by atoms with van der Waals surface area (Å²) in [6.45, 7) is 3.74. The molecule has 98 valence electrons. The van der Waals surface area contributed by atoms with Gasteiger partial charge >= 0.3 is 0 Å². The highest BCUT2D eigenvalue weighted by molar-refractivity contribution is 7.10. The van der Waals surface area contributed by atoms with Crippen LogP contribution < -0.4 is 5.32 Å². The summed E-state index contributed by atoms with van der Waals surface area (Å²) in [5.41, 5.74) is 0.610. The molecule has 0 saturated heterocycles. The molecule has 2 N–H and O–H groups in total. The van der Waals surface area contributed by atoms with Crippen molar-refractivity contribution in [2.45, 2.75) is 13.3 Å². The van der Waals surface area contributed by atoms with Gasteiger partial charge < -0.3 is 15.2 Å². The molecule has 0 aromatic carbocycles. The highest BCUT2D eigenvalue weighted by Gasteiger charge is 2.06. The lowest BCUT2D eigenvalue weighted by atomic mass is 10.3. The molecule has 0 aliphatic rings. The van der Waals surface area contributed by atoms with E-state index in [0.717, 1.165) is 11.3 Å². The molecule has 0 spiro atoms. The van der Waals surface area contributed by atoms with E-state index in [0.29, 0.717) is 25.3 Å². The lowest BCUT2D eigenvalue weighted by Gasteiger charge is -2.03. The predicted molar refractivity (Wildman–Crippen MR) is 71.7 cm³/mol. The molecule has 5 heteroatoms. The number of thiophene rings is 1. The highest BCUT2D eigenvalue weighted by Crippen LogP contribution is 2.13. The SMILES string of the molecule is CCOCCCNC(=O)c1csc(C#CCO)c1. The number of rotatable bonds is 6. The molecule has 0 unspecified atom stereocenters. The van der Waals surface area contributed by atoms with Gasteiger partial charge in [0.1, 0.15) is 6.61 Å². The molecule has 0 atom stereocenters. The smallest absolute Gasteiger partial charge is 0.252 e. The highest BCUT2D eigenvalue weighted by atomic mass is 32.1. The first-order chi connectivity index (χ1) is 8.77. The van der Waals surface area contributed by atoms with Gasteiger partial charge in [0.15, 0.2) is 0 Å². The van der Waals surface area contributed by atoms with Gasteiger partial charge in [0.05, 0.1) is 10.4 Å². The molecule has 0 bridgehead atoms. The molecule has 0 aliphatic heterocycles. The van der Waals surface area contributed by atoms with Crippen LogP contribution in [-0.4, -0.2) is 37.4 Å². The number of hydrogen-bond acceptors (Lipinski definition) is 4. The van der Waals surface area contributed by atoms with Gasteiger partial charge in [-0.3, -0.25) is 4.79 Å². The van der Waals surface area contributed by atoms with Crippen molar-refractivity contribution < 1.29 is 14.6 Å². The predicted octanol–water partition coefficient (Wildman–Crippen LogP) is 1.25. The zero-order chi connectivity index (χ0) is 13.2. The third-order valence-electron chi connectivity index (χ3n) is 2.11. The van der Waals surface area contributed by atoms with E-state index in [1.807, 2.05) is 6.92 Å². The van der Waals surface area contributed by atoms with Crippen molar-refractivity contribution >= 4 is 17.2 Å². The second kappa shape index (κ2) is 8.70. The molecule has 1 aromatic heterocycles. The number of aliphatic hydroxyl groups is 1. The lowest BCUT2D eigenvalue weighted by Crippen LogP contribution is -2.24. The van der Waals surface area contributed by atoms with Crippen molar-refractivity contribution in [1.29, 1.82) is 0 Å². The molecule has 4 nitrogen and oxygen atoms in total. The number of carbonyl (C=O) groups is 1. The van der Waals surface area contributed by atoms with Crippen molar-refractivity contribution in [3.63, 3.8) is 0 Å². The summed E-state index contributed by atoms with van der Waals surface area (Å²) >= 11 is 1.39. The van der Waals surface area contributed by atoms with Crippen LogP contribution in [0.5, 0.6) is 0 Å². The molecule has 1 heterocycles. The van der Waals surface area contributed by atoms with E-state index in [2.05, 4.69) is 17.2 Å². The molecular formula is C13H17NO3S. The quantitative estimate of drug-likeness (QED) is 0.602. The van der Waals surface area contributed by atoms with E-state index in [-0.39, 0.29) is 12.5 Å². The normalized spacial score (nSPS) is 9.67. The topological polar surface area (TPSA) is 58.6 Å². The molecule has 0 radical (unpaired) electrons. The van der Waals surface area contributed by atoms with Crippen LogP contribution in [-0.2, 0) is 4.74 Å². The number of nitrogens with one attached hydrogen (secondary N) is 1. The Morgan fingerprint density at radius 2 is 2.44 bits per heavy atom. The third-order valence-corrected chi connectivity index (χ3v) is 2.95. The summed E-state index contributed by atoms with van der Waals surface area (Å²) in [7, 11) is 0. The molecule has 0 fully saturated rings. The van der Waals surface area contributed by atoms with Crippen molar-refractivity contribution in [2.75, 3.05) is 26.4 Å². The molecular weight excluding hydrogens is 250 g/mol. The maximum atomic E-state index is 11.7. The maximum absolute atomic E-state index is 11.7. The van der Waals surface area contributed by atoms with Gasteiger partial charge in [0.25, 0.3) is 5.91 Å². The fraction of sp³-hybridized carbons (Fsp3) is 0.462. The summed E-state index contributed by atoms with van der Waals surface area (Å²) in [6, 6.07) is 1.73. The van der Waals surface area contributed by atoms with E-state index < -0.39 is 0 Å². The van der Waals surface area contributed by atoms with Crippen LogP contribution >= 0.6 is 11.3 Å². The van der Waals surface area contributed by atoms with Crippen molar-refractivity contribution in [3.8, 4) is 11.8 Å². The zero-order valence-corrected chi connectivity index (χ0v) is 11.2. The van der Waals surface area contributed by atoms with E-state index in [1.54, 1.807) is 11.4 Å². The minimum Gasteiger partial charge on any atom is -0.384 e. The van der Waals surface area contributed by atoms with Crippen LogP contribution in [0.1, 0.15) is 28.6 Å². The number of amides is 1. The maximum Gasteiger partial charge on any atom is 0.252 e. The summed E-state index contributed by atoms with van der Waals surface area (Å²) in [5.74, 6) is 5.23. The van der Waals surface area contributed by atoms with E-state index in [4.69, 9.17) is 9.84 Å². The molecule has 18 heavy (non-hydrogen) atoms. The van der Waals surface area contributed by atoms with Crippen molar-refractivity contribution in [2.24, 2.45) is 0 Å². The first-order valence-electron chi connectivity index (χ1n) is 5.82. The van der Waals surface area contributed by atoms with Crippen LogP contribution in [0.3, 0.4) is 0 Å². The molecule has 0 aliphatic carbocycles. The van der Waals surface area contributed by atoms with Crippen LogP contribution in [0.15, 0.2) is 11.4 Å². The number of ether oxygens (including phenoxy) is 1. The van der Waals surface area contributed by atoms with Crippen LogP contribution in [0, 0.1) is 11.8 Å². The van der Waals surface area contributed by atoms with Gasteiger partial charge in [-0.15, -0.1) is 11.3 Å². The first-order valence-corrected chi connectivity index (χ1v) is 6.70. The summed E-state index contributed by atoms with van der Waals surface area (Å²) in [5, 5.41) is 13.2. The molecule has 0 saturated carbocycles. The lowest BCUT2D eigenvalue weighted by molar-refractivity contribution is 0.0944. The summed E-state index contributed by atoms with van der Waals surface area (Å²) < 4.78 is 5.18. The van der Waals surface area contributed by atoms with Crippen LogP contribution in [0.4, 0.5) is 0 Å². The van der Waals surface area contributed by atoms with Gasteiger partial charge in [0.2, 0.25) is 0 Å². The number of hydrogen-bond donors (Lipinski definition) is 2. The van der Waals surface area contributed by atoms with Gasteiger partial charge in [-0.1, -0.05) is 11.8 Å². The molecule has 1 amide bonds. The minimum atomic E-state index is -0.170. The second-order valence-electron chi connectivity index (χ2n) is 3.47. The van der Waals surface area contributed by atoms with Gasteiger partial charge in [0, 0.05) is 25.1 Å². The molecule has 1 rings (SSSR count). The average molecular weight is 267 g/mol. The third kappa shape index (κ3) is 5.32. The van der Waals surface area contributed by atoms with Crippen LogP contribution in [0.25, 0.3) is 0 Å². The Balaban J connectivity index is 2.35. The standard InChI is InChI=1S/C13H17NO3S/c1-2-17-8-4-6-14-13(16)11-9-12(18-10-11)5-3-7-15/h9-10,15H,2,4,6-8H2,1H3,(H,14,16). The Labute approximate surface area is 111 Å². The monoisotopic (exact) mass is 267 g/mol. The van der Waals surface area contributed by atoms with E-state index >= 15 is 0 Å². The summed E-state index contributed by atoms with van der Waals surface area (Å²) in [6.07, 6.45) is 0.806. The first kappa shape index (κ1) is 14.7. The van der Waals surface area contributed by atoms with Gasteiger partial charge in [-0.25, -0.2) is 0 Å². The largest absolute Gasteiger partial charge is 0.384 e. The number of aliphatic hydroxyl groups excluding tert-OH is 1. The van der Waals surface area contributed by atoms with Crippen LogP contribution in [0.2, 0.25) is 0 Å². The van der Waals surface area contributed by atoms with E-state index in [1.165, 1.54) is 11.3 Å². The minimum absolute atomic E-state index is 0.0974. The Morgan fingerprint density at radius 3 is 3.17 bits per heavy atom. The Bertz CT molecular complexity index is 431. The van der Waals surface area contributed by atoms with Gasteiger partial charge in [-0.05, 0) is 19.4 Å². The Morgan fingerprint density at radius 1 is 1.61 bits per heavy atom. The van der Waals surface area contributed by atoms with E-state index in [9.17, 15) is 4.79 Å². The van der Waals surface area contributed by atoms with Crippen molar-refractivity contribution in [1.82, 2.24) is 5.32 Å². The second-order valence-corrected chi connectivity index (χ2v) is 4.38. The van der Waals surface area contributed by atoms with Crippen molar-refractivity contribution in [3.05, 3.63) is 21.9 Å². The fourth-order valence-electron chi connectivity index (χ4n) is 1.27. The van der Waals surface area contributed by atoms with Gasteiger partial charge in [-0.2, -0.15) is 0 Å². The molecule has 1 aromatic rings. The Kier molecular flexibility index (Phi) is 7.11. The summed E-state index contributed by atoms with van der Waals surface area (Å²) in [4.78, 5) is 12.5. The zero-order valence-electron chi connectivity index (χ0n) is 10.4. The average Bonchev–Trinajstić information content (AvgIpc) is 2.84. The number of carbonyl (C=O) groups excluding carboxylic acids is 1. The Hall–Kier alpha value is -1.35.